The van der Waals surface area contributed by atoms with Gasteiger partial charge in [-0.25, -0.2) is 0 Å². The molecule has 0 rings (SSSR count). The maximum absolute atomic E-state index is 2.50. The number of rotatable bonds is 24. The second kappa shape index (κ2) is 25.8. The van der Waals surface area contributed by atoms with E-state index in [-0.39, 0.29) is 0 Å². The summed E-state index contributed by atoms with van der Waals surface area (Å²) >= 11 is 2.50. The van der Waals surface area contributed by atoms with Crippen LogP contribution in [0.25, 0.3) is 0 Å². The maximum atomic E-state index is 2.50. The lowest BCUT2D eigenvalue weighted by molar-refractivity contribution is 0.500. The molecule has 0 spiro atoms. The first-order valence-electron chi connectivity index (χ1n) is 13.3. The Balaban J connectivity index is 2.98. The van der Waals surface area contributed by atoms with Crippen molar-refractivity contribution < 1.29 is 0 Å². The largest absolute Gasteiger partial charge is 0.0864 e. The molecule has 0 aromatic heterocycles. The molecule has 0 aromatic rings. The summed E-state index contributed by atoms with van der Waals surface area (Å²) in [5.74, 6) is 0.898. The van der Waals surface area contributed by atoms with Gasteiger partial charge in [0, 0.05) is 0 Å². The average Bonchev–Trinajstić information content (AvgIpc) is 2.68. The van der Waals surface area contributed by atoms with Crippen LogP contribution in [0.15, 0.2) is 0 Å². The third-order valence-corrected chi connectivity index (χ3v) is 6.93. The molecule has 0 aliphatic heterocycles. The SMILES string of the molecule is CC(C)CCCCCCCCCCCCCCCCCCCCCCCCI. The lowest BCUT2D eigenvalue weighted by atomic mass is 10.0. The third kappa shape index (κ3) is 26.7. The molecule has 0 fully saturated rings. The van der Waals surface area contributed by atoms with Crippen molar-refractivity contribution in [3.05, 3.63) is 0 Å². The molecule has 0 unspecified atom stereocenters. The van der Waals surface area contributed by atoms with E-state index in [4.69, 9.17) is 0 Å². The van der Waals surface area contributed by atoms with Gasteiger partial charge in [0.2, 0.25) is 0 Å². The normalized spacial score (nSPS) is 11.6. The second-order valence-corrected chi connectivity index (χ2v) is 10.7. The van der Waals surface area contributed by atoms with E-state index in [9.17, 15) is 0 Å². The summed E-state index contributed by atoms with van der Waals surface area (Å²) in [5.41, 5.74) is 0. The summed E-state index contributed by atoms with van der Waals surface area (Å²) in [7, 11) is 0. The smallest absolute Gasteiger partial charge is 0.000473 e. The Labute approximate surface area is 193 Å². The summed E-state index contributed by atoms with van der Waals surface area (Å²) in [4.78, 5) is 0. The van der Waals surface area contributed by atoms with Gasteiger partial charge in [-0.05, 0) is 16.8 Å². The van der Waals surface area contributed by atoms with Crippen molar-refractivity contribution in [3.63, 3.8) is 0 Å². The van der Waals surface area contributed by atoms with Crippen molar-refractivity contribution >= 4 is 22.6 Å². The van der Waals surface area contributed by atoms with Crippen LogP contribution in [0.5, 0.6) is 0 Å². The van der Waals surface area contributed by atoms with Crippen molar-refractivity contribution in [1.82, 2.24) is 0 Å². The van der Waals surface area contributed by atoms with E-state index in [2.05, 4.69) is 36.4 Å². The van der Waals surface area contributed by atoms with Crippen molar-refractivity contribution in [2.45, 2.75) is 162 Å². The minimum absolute atomic E-state index is 0.898. The summed E-state index contributed by atoms with van der Waals surface area (Å²) in [6, 6.07) is 0. The Morgan fingerprint density at radius 3 is 0.786 bits per heavy atom. The molecule has 0 heterocycles. The molecule has 1 heteroatoms. The lowest BCUT2D eigenvalue weighted by Crippen LogP contribution is -1.87. The van der Waals surface area contributed by atoms with E-state index in [0.29, 0.717) is 0 Å². The Morgan fingerprint density at radius 2 is 0.571 bits per heavy atom. The number of alkyl halides is 1. The number of hydrogen-bond acceptors (Lipinski definition) is 0. The fraction of sp³-hybridized carbons (Fsp3) is 1.00. The molecule has 0 N–H and O–H groups in total. The van der Waals surface area contributed by atoms with Crippen LogP contribution in [0.4, 0.5) is 0 Å². The predicted octanol–water partition coefficient (Wildman–Crippen LogP) is 11.0. The second-order valence-electron chi connectivity index (χ2n) is 9.65. The molecule has 170 valence electrons. The van der Waals surface area contributed by atoms with Crippen LogP contribution in [-0.2, 0) is 0 Å². The highest BCUT2D eigenvalue weighted by atomic mass is 127. The Morgan fingerprint density at radius 1 is 0.357 bits per heavy atom. The van der Waals surface area contributed by atoms with Crippen molar-refractivity contribution in [2.75, 3.05) is 4.43 Å². The van der Waals surface area contributed by atoms with Gasteiger partial charge in [0.05, 0.1) is 0 Å². The highest BCUT2D eigenvalue weighted by Crippen LogP contribution is 2.16. The molecule has 0 atom stereocenters. The Bertz CT molecular complexity index is 261. The zero-order valence-corrected chi connectivity index (χ0v) is 22.1. The fourth-order valence-electron chi connectivity index (χ4n) is 4.18. The minimum atomic E-state index is 0.898. The van der Waals surface area contributed by atoms with Gasteiger partial charge in [-0.2, -0.15) is 0 Å². The first kappa shape index (κ1) is 28.7. The van der Waals surface area contributed by atoms with Crippen LogP contribution in [0.3, 0.4) is 0 Å². The monoisotopic (exact) mass is 506 g/mol. The van der Waals surface area contributed by atoms with Gasteiger partial charge in [0.15, 0.2) is 0 Å². The highest BCUT2D eigenvalue weighted by molar-refractivity contribution is 14.1. The van der Waals surface area contributed by atoms with Crippen LogP contribution in [-0.4, -0.2) is 4.43 Å². The van der Waals surface area contributed by atoms with E-state index in [1.807, 2.05) is 0 Å². The summed E-state index contributed by atoms with van der Waals surface area (Å²) < 4.78 is 1.34. The molecule has 0 saturated heterocycles. The Kier molecular flexibility index (Phi) is 26.4. The summed E-state index contributed by atoms with van der Waals surface area (Å²) in [6.07, 6.45) is 34.0. The molecule has 0 nitrogen and oxygen atoms in total. The van der Waals surface area contributed by atoms with Crippen molar-refractivity contribution in [1.29, 1.82) is 0 Å². The van der Waals surface area contributed by atoms with Crippen LogP contribution < -0.4 is 0 Å². The molecule has 0 amide bonds. The van der Waals surface area contributed by atoms with Crippen molar-refractivity contribution in [3.8, 4) is 0 Å². The zero-order valence-electron chi connectivity index (χ0n) is 19.9. The quantitative estimate of drug-likeness (QED) is 0.0694. The molecule has 0 aromatic carbocycles. The third-order valence-electron chi connectivity index (χ3n) is 6.17. The van der Waals surface area contributed by atoms with Crippen LogP contribution in [0.2, 0.25) is 0 Å². The van der Waals surface area contributed by atoms with E-state index in [0.717, 1.165) is 5.92 Å². The van der Waals surface area contributed by atoms with Crippen LogP contribution in [0, 0.1) is 5.92 Å². The van der Waals surface area contributed by atoms with E-state index in [1.165, 1.54) is 152 Å². The average molecular weight is 507 g/mol. The number of unbranched alkanes of at least 4 members (excludes halogenated alkanes) is 21. The molecule has 0 aliphatic carbocycles. The topological polar surface area (TPSA) is 0 Å². The van der Waals surface area contributed by atoms with Gasteiger partial charge in [0.1, 0.15) is 0 Å². The Hall–Kier alpha value is 0.730. The van der Waals surface area contributed by atoms with Gasteiger partial charge in [-0.3, -0.25) is 0 Å². The van der Waals surface area contributed by atoms with Crippen molar-refractivity contribution in [2.24, 2.45) is 5.92 Å². The summed E-state index contributed by atoms with van der Waals surface area (Å²) in [6.45, 7) is 4.69. The lowest BCUT2D eigenvalue weighted by Gasteiger charge is -2.05. The maximum Gasteiger partial charge on any atom is -0.000473 e. The molecule has 0 aliphatic rings. The van der Waals surface area contributed by atoms with Gasteiger partial charge >= 0.3 is 0 Å². The molecule has 0 saturated carbocycles. The highest BCUT2D eigenvalue weighted by Gasteiger charge is 1.97. The molecular formula is C27H55I. The molecular weight excluding hydrogens is 451 g/mol. The number of hydrogen-bond donors (Lipinski definition) is 0. The zero-order chi connectivity index (χ0) is 20.5. The predicted molar refractivity (Wildman–Crippen MR) is 140 cm³/mol. The fourth-order valence-corrected chi connectivity index (χ4v) is 4.72. The van der Waals surface area contributed by atoms with E-state index in [1.54, 1.807) is 0 Å². The molecule has 0 radical (unpaired) electrons. The standard InChI is InChI=1S/C27H55I/c1-27(2)25-23-21-19-17-15-13-11-9-7-5-3-4-6-8-10-12-14-16-18-20-22-24-26-28/h27H,3-26H2,1-2H3. The minimum Gasteiger partial charge on any atom is -0.0864 e. The molecule has 0 bridgehead atoms. The van der Waals surface area contributed by atoms with Gasteiger partial charge in [-0.1, -0.05) is 178 Å². The summed E-state index contributed by atoms with van der Waals surface area (Å²) in [5, 5.41) is 0. The van der Waals surface area contributed by atoms with Crippen LogP contribution in [0.1, 0.15) is 162 Å². The van der Waals surface area contributed by atoms with Gasteiger partial charge < -0.3 is 0 Å². The first-order chi connectivity index (χ1) is 13.8. The van der Waals surface area contributed by atoms with E-state index < -0.39 is 0 Å². The number of halogens is 1. The van der Waals surface area contributed by atoms with Gasteiger partial charge in [-0.15, -0.1) is 0 Å². The van der Waals surface area contributed by atoms with Crippen LogP contribution >= 0.6 is 22.6 Å². The molecule has 28 heavy (non-hydrogen) atoms. The van der Waals surface area contributed by atoms with Gasteiger partial charge in [0.25, 0.3) is 0 Å². The first-order valence-corrected chi connectivity index (χ1v) is 14.9. The van der Waals surface area contributed by atoms with E-state index >= 15 is 0 Å².